The van der Waals surface area contributed by atoms with Gasteiger partial charge in [-0.25, -0.2) is 0 Å². The average molecular weight is 245 g/mol. The monoisotopic (exact) mass is 245 g/mol. The lowest BCUT2D eigenvalue weighted by Gasteiger charge is -2.23. The Kier molecular flexibility index (Phi) is 2.76. The first-order valence-electron chi connectivity index (χ1n) is 6.09. The molecule has 5 nitrogen and oxygen atoms in total. The lowest BCUT2D eigenvalue weighted by molar-refractivity contribution is 0.192. The summed E-state index contributed by atoms with van der Waals surface area (Å²) in [6, 6.07) is 5.98. The van der Waals surface area contributed by atoms with E-state index >= 15 is 0 Å². The van der Waals surface area contributed by atoms with Gasteiger partial charge in [0.25, 0.3) is 0 Å². The second-order valence-electron chi connectivity index (χ2n) is 4.51. The van der Waals surface area contributed by atoms with Crippen LogP contribution in [-0.4, -0.2) is 16.2 Å². The van der Waals surface area contributed by atoms with E-state index in [9.17, 15) is 0 Å². The highest BCUT2D eigenvalue weighted by Crippen LogP contribution is 2.30. The van der Waals surface area contributed by atoms with Gasteiger partial charge in [0, 0.05) is 5.56 Å². The molecule has 94 valence electrons. The smallest absolute Gasteiger partial charge is 0.240 e. The molecule has 2 N–H and O–H groups in total. The Balaban J connectivity index is 1.94. The van der Waals surface area contributed by atoms with Crippen LogP contribution in [-0.2, 0) is 13.0 Å². The largest absolute Gasteiger partial charge is 0.490 e. The average Bonchev–Trinajstić information content (AvgIpc) is 2.87. The van der Waals surface area contributed by atoms with E-state index in [0.717, 1.165) is 24.2 Å². The Morgan fingerprint density at radius 3 is 3.11 bits per heavy atom. The SMILES string of the molecule is CC1CCc2cc(-c3noc(CN)n3)ccc2O1. The van der Waals surface area contributed by atoms with Gasteiger partial charge in [-0.3, -0.25) is 0 Å². The molecular weight excluding hydrogens is 230 g/mol. The van der Waals surface area contributed by atoms with E-state index in [-0.39, 0.29) is 12.6 Å². The van der Waals surface area contributed by atoms with Gasteiger partial charge in [0.05, 0.1) is 12.6 Å². The summed E-state index contributed by atoms with van der Waals surface area (Å²) in [4.78, 5) is 4.22. The predicted molar refractivity (Wildman–Crippen MR) is 66.0 cm³/mol. The maximum Gasteiger partial charge on any atom is 0.240 e. The number of rotatable bonds is 2. The molecule has 0 bridgehead atoms. The van der Waals surface area contributed by atoms with Gasteiger partial charge >= 0.3 is 0 Å². The van der Waals surface area contributed by atoms with Gasteiger partial charge in [-0.15, -0.1) is 0 Å². The van der Waals surface area contributed by atoms with Crippen LogP contribution in [0.15, 0.2) is 22.7 Å². The topological polar surface area (TPSA) is 74.2 Å². The van der Waals surface area contributed by atoms with E-state index in [0.29, 0.717) is 11.7 Å². The molecule has 1 atom stereocenters. The molecule has 1 unspecified atom stereocenters. The van der Waals surface area contributed by atoms with Crippen molar-refractivity contribution in [1.29, 1.82) is 0 Å². The summed E-state index contributed by atoms with van der Waals surface area (Å²) in [6.07, 6.45) is 2.35. The van der Waals surface area contributed by atoms with Crippen LogP contribution in [0.25, 0.3) is 11.4 Å². The second-order valence-corrected chi connectivity index (χ2v) is 4.51. The summed E-state index contributed by atoms with van der Waals surface area (Å²) < 4.78 is 10.8. The van der Waals surface area contributed by atoms with Crippen LogP contribution >= 0.6 is 0 Å². The lowest BCUT2D eigenvalue weighted by atomic mass is 10.0. The van der Waals surface area contributed by atoms with Crippen molar-refractivity contribution in [2.75, 3.05) is 0 Å². The van der Waals surface area contributed by atoms with Crippen molar-refractivity contribution in [3.63, 3.8) is 0 Å². The number of nitrogens with zero attached hydrogens (tertiary/aromatic N) is 2. The first-order valence-corrected chi connectivity index (χ1v) is 6.09. The van der Waals surface area contributed by atoms with Gasteiger partial charge in [-0.05, 0) is 43.5 Å². The minimum Gasteiger partial charge on any atom is -0.490 e. The molecule has 0 saturated carbocycles. The molecule has 1 aliphatic heterocycles. The molecule has 0 spiro atoms. The molecule has 1 aromatic heterocycles. The second kappa shape index (κ2) is 4.42. The summed E-state index contributed by atoms with van der Waals surface area (Å²) in [5.41, 5.74) is 7.59. The molecule has 2 aromatic rings. The Hall–Kier alpha value is -1.88. The molecule has 0 saturated heterocycles. The van der Waals surface area contributed by atoms with Crippen LogP contribution in [0.3, 0.4) is 0 Å². The van der Waals surface area contributed by atoms with Crippen molar-refractivity contribution in [2.24, 2.45) is 5.73 Å². The number of aryl methyl sites for hydroxylation is 1. The number of aromatic nitrogens is 2. The Bertz CT molecular complexity index is 565. The van der Waals surface area contributed by atoms with Crippen LogP contribution < -0.4 is 10.5 Å². The van der Waals surface area contributed by atoms with Crippen molar-refractivity contribution in [1.82, 2.24) is 10.1 Å². The van der Waals surface area contributed by atoms with Crippen molar-refractivity contribution in [3.8, 4) is 17.1 Å². The van der Waals surface area contributed by atoms with E-state index in [4.69, 9.17) is 15.0 Å². The van der Waals surface area contributed by atoms with Crippen molar-refractivity contribution < 1.29 is 9.26 Å². The molecule has 18 heavy (non-hydrogen) atoms. The van der Waals surface area contributed by atoms with Crippen molar-refractivity contribution in [3.05, 3.63) is 29.7 Å². The van der Waals surface area contributed by atoms with Crippen molar-refractivity contribution in [2.45, 2.75) is 32.4 Å². The molecule has 1 aromatic carbocycles. The minimum absolute atomic E-state index is 0.262. The highest BCUT2D eigenvalue weighted by atomic mass is 16.5. The van der Waals surface area contributed by atoms with Crippen LogP contribution in [0.4, 0.5) is 0 Å². The molecule has 2 heterocycles. The number of fused-ring (bicyclic) bond motifs is 1. The summed E-state index contributed by atoms with van der Waals surface area (Å²) in [6.45, 7) is 2.35. The fourth-order valence-electron chi connectivity index (χ4n) is 2.12. The number of nitrogens with two attached hydrogens (primary N) is 1. The van der Waals surface area contributed by atoms with Gasteiger partial charge in [-0.1, -0.05) is 5.16 Å². The summed E-state index contributed by atoms with van der Waals surface area (Å²) in [5.74, 6) is 1.99. The molecule has 0 radical (unpaired) electrons. The highest BCUT2D eigenvalue weighted by molar-refractivity contribution is 5.58. The number of ether oxygens (including phenoxy) is 1. The molecular formula is C13H15N3O2. The maximum absolute atomic E-state index is 5.76. The Morgan fingerprint density at radius 2 is 2.33 bits per heavy atom. The summed E-state index contributed by atoms with van der Waals surface area (Å²) in [7, 11) is 0. The Morgan fingerprint density at radius 1 is 1.44 bits per heavy atom. The number of hydrogen-bond donors (Lipinski definition) is 1. The normalized spacial score (nSPS) is 18.2. The predicted octanol–water partition coefficient (Wildman–Crippen LogP) is 1.91. The van der Waals surface area contributed by atoms with E-state index in [1.807, 2.05) is 12.1 Å². The van der Waals surface area contributed by atoms with Crippen LogP contribution in [0.2, 0.25) is 0 Å². The van der Waals surface area contributed by atoms with E-state index in [2.05, 4.69) is 23.1 Å². The van der Waals surface area contributed by atoms with Crippen LogP contribution in [0.1, 0.15) is 24.8 Å². The third kappa shape index (κ3) is 1.97. The number of benzene rings is 1. The zero-order valence-corrected chi connectivity index (χ0v) is 10.2. The standard InChI is InChI=1S/C13H15N3O2/c1-8-2-3-9-6-10(4-5-11(9)17-8)13-15-12(7-14)18-16-13/h4-6,8H,2-3,7,14H2,1H3. The van der Waals surface area contributed by atoms with Gasteiger partial charge in [0.15, 0.2) is 0 Å². The van der Waals surface area contributed by atoms with Gasteiger partial charge in [0.1, 0.15) is 5.75 Å². The van der Waals surface area contributed by atoms with E-state index in [1.165, 1.54) is 5.56 Å². The molecule has 3 rings (SSSR count). The zero-order valence-electron chi connectivity index (χ0n) is 10.2. The molecule has 0 amide bonds. The molecule has 0 fully saturated rings. The quantitative estimate of drug-likeness (QED) is 0.874. The highest BCUT2D eigenvalue weighted by Gasteiger charge is 2.17. The molecule has 5 heteroatoms. The number of hydrogen-bond acceptors (Lipinski definition) is 5. The van der Waals surface area contributed by atoms with E-state index in [1.54, 1.807) is 0 Å². The zero-order chi connectivity index (χ0) is 12.5. The minimum atomic E-state index is 0.262. The van der Waals surface area contributed by atoms with Gasteiger partial charge in [-0.2, -0.15) is 4.98 Å². The third-order valence-electron chi connectivity index (χ3n) is 3.11. The van der Waals surface area contributed by atoms with Crippen LogP contribution in [0.5, 0.6) is 5.75 Å². The van der Waals surface area contributed by atoms with Crippen LogP contribution in [0, 0.1) is 0 Å². The first kappa shape index (κ1) is 11.2. The molecule has 0 aliphatic carbocycles. The maximum atomic E-state index is 5.76. The summed E-state index contributed by atoms with van der Waals surface area (Å²) in [5, 5.41) is 3.91. The fraction of sp³-hybridized carbons (Fsp3) is 0.385. The van der Waals surface area contributed by atoms with Gasteiger partial charge in [0.2, 0.25) is 11.7 Å². The van der Waals surface area contributed by atoms with Crippen molar-refractivity contribution >= 4 is 0 Å². The fourth-order valence-corrected chi connectivity index (χ4v) is 2.12. The molecule has 1 aliphatic rings. The Labute approximate surface area is 105 Å². The third-order valence-corrected chi connectivity index (χ3v) is 3.11. The van der Waals surface area contributed by atoms with Gasteiger partial charge < -0.3 is 15.0 Å². The first-order chi connectivity index (χ1) is 8.76. The lowest BCUT2D eigenvalue weighted by Crippen LogP contribution is -2.18. The van der Waals surface area contributed by atoms with E-state index < -0.39 is 0 Å². The summed E-state index contributed by atoms with van der Waals surface area (Å²) >= 11 is 0.